The maximum absolute atomic E-state index is 12.1. The molecule has 1 N–H and O–H groups in total. The van der Waals surface area contributed by atoms with E-state index in [4.69, 9.17) is 0 Å². The summed E-state index contributed by atoms with van der Waals surface area (Å²) in [7, 11) is 0. The van der Waals surface area contributed by atoms with Gasteiger partial charge in [-0.2, -0.15) is 0 Å². The summed E-state index contributed by atoms with van der Waals surface area (Å²) in [5.41, 5.74) is 0.262. The van der Waals surface area contributed by atoms with Gasteiger partial charge in [0.15, 0.2) is 0 Å². The van der Waals surface area contributed by atoms with Crippen LogP contribution in [0.25, 0.3) is 0 Å². The summed E-state index contributed by atoms with van der Waals surface area (Å²) in [5, 5.41) is 2.41. The number of alkyl halides is 3. The van der Waals surface area contributed by atoms with Gasteiger partial charge < -0.3 is 10.1 Å². The second kappa shape index (κ2) is 5.55. The minimum atomic E-state index is -4.78. The summed E-state index contributed by atoms with van der Waals surface area (Å²) < 4.78 is 40.0. The smallest absolute Gasteiger partial charge is 0.406 e. The summed E-state index contributed by atoms with van der Waals surface area (Å²) >= 11 is 0. The Labute approximate surface area is 111 Å². The van der Waals surface area contributed by atoms with Crippen LogP contribution in [0.2, 0.25) is 0 Å². The maximum atomic E-state index is 12.1. The molecule has 8 heteroatoms. The van der Waals surface area contributed by atoms with Gasteiger partial charge in [-0.3, -0.25) is 4.79 Å². The van der Waals surface area contributed by atoms with Gasteiger partial charge in [-0.15, -0.1) is 13.2 Å². The number of ether oxygens (including phenoxy) is 1. The average molecular weight is 283 g/mol. The molecule has 0 spiro atoms. The van der Waals surface area contributed by atoms with Gasteiger partial charge in [0.1, 0.15) is 17.8 Å². The van der Waals surface area contributed by atoms with Crippen molar-refractivity contribution < 1.29 is 22.7 Å². The Kier molecular flexibility index (Phi) is 3.83. The van der Waals surface area contributed by atoms with Crippen molar-refractivity contribution in [2.75, 3.05) is 5.32 Å². The summed E-state index contributed by atoms with van der Waals surface area (Å²) in [6, 6.07) is 6.34. The highest BCUT2D eigenvalue weighted by molar-refractivity contribution is 6.02. The van der Waals surface area contributed by atoms with E-state index in [-0.39, 0.29) is 11.4 Å². The highest BCUT2D eigenvalue weighted by Crippen LogP contribution is 2.25. The fourth-order valence-corrected chi connectivity index (χ4v) is 1.39. The molecule has 0 saturated carbocycles. The third-order valence-corrected chi connectivity index (χ3v) is 2.14. The van der Waals surface area contributed by atoms with Crippen molar-refractivity contribution in [3.63, 3.8) is 0 Å². The summed E-state index contributed by atoms with van der Waals surface area (Å²) in [6.45, 7) is 0. The van der Waals surface area contributed by atoms with Crippen LogP contribution >= 0.6 is 0 Å². The summed E-state index contributed by atoms with van der Waals surface area (Å²) in [6.07, 6.45) is -2.21. The largest absolute Gasteiger partial charge is 0.573 e. The van der Waals surface area contributed by atoms with Crippen LogP contribution in [-0.2, 0) is 0 Å². The van der Waals surface area contributed by atoms with Crippen LogP contribution in [0.5, 0.6) is 5.75 Å². The molecule has 0 fully saturated rings. The zero-order valence-corrected chi connectivity index (χ0v) is 9.89. The number of benzene rings is 1. The predicted molar refractivity (Wildman–Crippen MR) is 63.1 cm³/mol. The molecule has 104 valence electrons. The van der Waals surface area contributed by atoms with Crippen molar-refractivity contribution in [1.29, 1.82) is 0 Å². The number of nitrogens with one attached hydrogen (secondary N) is 1. The Bertz CT molecular complexity index is 602. The van der Waals surface area contributed by atoms with Gasteiger partial charge in [0.2, 0.25) is 0 Å². The van der Waals surface area contributed by atoms with Gasteiger partial charge >= 0.3 is 6.36 Å². The molecule has 0 saturated heterocycles. The zero-order chi connectivity index (χ0) is 14.6. The number of hydrogen-bond acceptors (Lipinski definition) is 4. The molecule has 0 aliphatic heterocycles. The Morgan fingerprint density at radius 2 is 2.05 bits per heavy atom. The molecule has 5 nitrogen and oxygen atoms in total. The predicted octanol–water partition coefficient (Wildman–Crippen LogP) is 2.63. The van der Waals surface area contributed by atoms with E-state index in [0.717, 1.165) is 12.1 Å². The van der Waals surface area contributed by atoms with Crippen molar-refractivity contribution in [3.05, 3.63) is 48.5 Å². The van der Waals surface area contributed by atoms with E-state index in [1.165, 1.54) is 30.7 Å². The van der Waals surface area contributed by atoms with Crippen LogP contribution in [0, 0.1) is 0 Å². The van der Waals surface area contributed by atoms with Crippen LogP contribution in [0.3, 0.4) is 0 Å². The number of aromatic nitrogens is 2. The van der Waals surface area contributed by atoms with Crippen LogP contribution < -0.4 is 10.1 Å². The molecule has 0 bridgehead atoms. The molecule has 0 aliphatic rings. The topological polar surface area (TPSA) is 64.1 Å². The van der Waals surface area contributed by atoms with Crippen molar-refractivity contribution in [1.82, 2.24) is 9.97 Å². The fraction of sp³-hybridized carbons (Fsp3) is 0.0833. The van der Waals surface area contributed by atoms with E-state index >= 15 is 0 Å². The quantitative estimate of drug-likeness (QED) is 0.940. The van der Waals surface area contributed by atoms with E-state index in [0.29, 0.717) is 0 Å². The minimum absolute atomic E-state index is 0.0992. The lowest BCUT2D eigenvalue weighted by Gasteiger charge is -2.10. The molecule has 0 radical (unpaired) electrons. The molecule has 0 unspecified atom stereocenters. The summed E-state index contributed by atoms with van der Waals surface area (Å²) in [5.74, 6) is -0.977. The van der Waals surface area contributed by atoms with Crippen molar-refractivity contribution in [2.45, 2.75) is 6.36 Å². The van der Waals surface area contributed by atoms with Crippen LogP contribution in [0.4, 0.5) is 18.9 Å². The zero-order valence-electron chi connectivity index (χ0n) is 9.89. The molecule has 0 atom stereocenters. The highest BCUT2D eigenvalue weighted by atomic mass is 19.4. The first-order chi connectivity index (χ1) is 9.44. The number of carbonyl (C=O) groups is 1. The molecule has 2 rings (SSSR count). The fourth-order valence-electron chi connectivity index (χ4n) is 1.39. The second-order valence-corrected chi connectivity index (χ2v) is 3.62. The van der Waals surface area contributed by atoms with E-state index in [1.54, 1.807) is 0 Å². The molecule has 20 heavy (non-hydrogen) atoms. The van der Waals surface area contributed by atoms with E-state index in [1.807, 2.05) is 0 Å². The number of anilines is 1. The van der Waals surface area contributed by atoms with Crippen LogP contribution in [0.1, 0.15) is 10.5 Å². The lowest BCUT2D eigenvalue weighted by molar-refractivity contribution is -0.274. The minimum Gasteiger partial charge on any atom is -0.406 e. The van der Waals surface area contributed by atoms with E-state index in [2.05, 4.69) is 20.0 Å². The highest BCUT2D eigenvalue weighted by Gasteiger charge is 2.31. The number of amides is 1. The van der Waals surface area contributed by atoms with Gasteiger partial charge in [0.05, 0.1) is 0 Å². The van der Waals surface area contributed by atoms with E-state index < -0.39 is 18.0 Å². The number of rotatable bonds is 3. The number of carbonyl (C=O) groups excluding carboxylic acids is 1. The normalized spacial score (nSPS) is 10.9. The molecule has 1 amide bonds. The maximum Gasteiger partial charge on any atom is 0.573 e. The monoisotopic (exact) mass is 283 g/mol. The standard InChI is InChI=1S/C12H8F3N3O2/c13-12(14,15)20-9-3-1-2-8(6-9)18-11(19)10-4-5-16-7-17-10/h1-7H,(H,18,19). The molecule has 1 aromatic carbocycles. The third kappa shape index (κ3) is 3.94. The van der Waals surface area contributed by atoms with E-state index in [9.17, 15) is 18.0 Å². The van der Waals surface area contributed by atoms with Gasteiger partial charge in [-0.25, -0.2) is 9.97 Å². The molecule has 1 aromatic heterocycles. The lowest BCUT2D eigenvalue weighted by Crippen LogP contribution is -2.17. The van der Waals surface area contributed by atoms with Gasteiger partial charge in [0.25, 0.3) is 5.91 Å². The Morgan fingerprint density at radius 3 is 2.70 bits per heavy atom. The van der Waals surface area contributed by atoms with Gasteiger partial charge in [-0.05, 0) is 18.2 Å². The average Bonchev–Trinajstić information content (AvgIpc) is 2.38. The van der Waals surface area contributed by atoms with Crippen LogP contribution in [0.15, 0.2) is 42.9 Å². The van der Waals surface area contributed by atoms with Gasteiger partial charge in [0, 0.05) is 18.0 Å². The first-order valence-electron chi connectivity index (χ1n) is 5.37. The SMILES string of the molecule is O=C(Nc1cccc(OC(F)(F)F)c1)c1ccncn1. The molecule has 1 heterocycles. The van der Waals surface area contributed by atoms with Gasteiger partial charge in [-0.1, -0.05) is 6.07 Å². The van der Waals surface area contributed by atoms with Crippen LogP contribution in [-0.4, -0.2) is 22.2 Å². The first-order valence-corrected chi connectivity index (χ1v) is 5.37. The molecular weight excluding hydrogens is 275 g/mol. The number of hydrogen-bond donors (Lipinski definition) is 1. The van der Waals surface area contributed by atoms with Crippen molar-refractivity contribution in [3.8, 4) is 5.75 Å². The molecular formula is C12H8F3N3O2. The number of nitrogens with zero attached hydrogens (tertiary/aromatic N) is 2. The molecule has 0 aliphatic carbocycles. The third-order valence-electron chi connectivity index (χ3n) is 2.14. The Morgan fingerprint density at radius 1 is 1.25 bits per heavy atom. The first kappa shape index (κ1) is 13.8. The summed E-state index contributed by atoms with van der Waals surface area (Å²) in [4.78, 5) is 19.1. The lowest BCUT2D eigenvalue weighted by atomic mass is 10.3. The second-order valence-electron chi connectivity index (χ2n) is 3.62. The number of halogens is 3. The van der Waals surface area contributed by atoms with Crippen molar-refractivity contribution in [2.24, 2.45) is 0 Å². The Balaban J connectivity index is 2.10. The Hall–Kier alpha value is -2.64. The van der Waals surface area contributed by atoms with Crippen molar-refractivity contribution >= 4 is 11.6 Å². The molecule has 2 aromatic rings.